The molecule has 18 heavy (non-hydrogen) atoms. The third-order valence-electron chi connectivity index (χ3n) is 2.86. The Morgan fingerprint density at radius 1 is 1.56 bits per heavy atom. The lowest BCUT2D eigenvalue weighted by Gasteiger charge is -2.14. The number of primary amides is 1. The van der Waals surface area contributed by atoms with Crippen molar-refractivity contribution in [3.05, 3.63) is 18.2 Å². The molecule has 1 aromatic heterocycles. The highest BCUT2D eigenvalue weighted by Gasteiger charge is 2.16. The molecule has 0 aliphatic rings. The standard InChI is InChI=1S/C12H16N4O2/c1-7(5-11(13)17)16-10-4-3-8(18-2)6-9(10)15-12(16)14/h3-4,6-7H,5H2,1-2H3,(H2,13,17)(H2,14,15). The zero-order valence-corrected chi connectivity index (χ0v) is 10.4. The molecule has 2 rings (SSSR count). The lowest BCUT2D eigenvalue weighted by atomic mass is 10.2. The molecule has 4 N–H and O–H groups in total. The summed E-state index contributed by atoms with van der Waals surface area (Å²) in [6.07, 6.45) is 0.224. The highest BCUT2D eigenvalue weighted by Crippen LogP contribution is 2.27. The quantitative estimate of drug-likeness (QED) is 0.845. The van der Waals surface area contributed by atoms with E-state index in [2.05, 4.69) is 4.98 Å². The van der Waals surface area contributed by atoms with Gasteiger partial charge < -0.3 is 20.8 Å². The van der Waals surface area contributed by atoms with E-state index in [0.29, 0.717) is 5.95 Å². The minimum atomic E-state index is -0.364. The van der Waals surface area contributed by atoms with Crippen LogP contribution in [0.4, 0.5) is 5.95 Å². The number of carbonyl (C=O) groups excluding carboxylic acids is 1. The Balaban J connectivity index is 2.50. The van der Waals surface area contributed by atoms with Crippen molar-refractivity contribution in [2.45, 2.75) is 19.4 Å². The van der Waals surface area contributed by atoms with E-state index in [4.69, 9.17) is 16.2 Å². The highest BCUT2D eigenvalue weighted by atomic mass is 16.5. The fourth-order valence-electron chi connectivity index (χ4n) is 2.07. The van der Waals surface area contributed by atoms with Crippen LogP contribution in [-0.2, 0) is 4.79 Å². The van der Waals surface area contributed by atoms with Crippen LogP contribution in [0.15, 0.2) is 18.2 Å². The number of methoxy groups -OCH3 is 1. The second kappa shape index (κ2) is 4.56. The van der Waals surface area contributed by atoms with E-state index in [1.54, 1.807) is 17.7 Å². The van der Waals surface area contributed by atoms with E-state index in [9.17, 15) is 4.79 Å². The first-order valence-corrected chi connectivity index (χ1v) is 5.62. The van der Waals surface area contributed by atoms with Gasteiger partial charge in [0.15, 0.2) is 0 Å². The number of hydrogen-bond donors (Lipinski definition) is 2. The van der Waals surface area contributed by atoms with Crippen LogP contribution >= 0.6 is 0 Å². The van der Waals surface area contributed by atoms with Crippen molar-refractivity contribution in [1.29, 1.82) is 0 Å². The molecule has 1 aromatic carbocycles. The van der Waals surface area contributed by atoms with Crippen LogP contribution in [0.5, 0.6) is 5.75 Å². The summed E-state index contributed by atoms with van der Waals surface area (Å²) in [4.78, 5) is 15.2. The van der Waals surface area contributed by atoms with Gasteiger partial charge in [0.1, 0.15) is 5.75 Å². The molecule has 0 spiro atoms. The number of nitrogen functional groups attached to an aromatic ring is 1. The number of nitrogens with zero attached hydrogens (tertiary/aromatic N) is 2. The van der Waals surface area contributed by atoms with Gasteiger partial charge in [-0.3, -0.25) is 4.79 Å². The minimum absolute atomic E-state index is 0.124. The van der Waals surface area contributed by atoms with Crippen LogP contribution in [0.3, 0.4) is 0 Å². The van der Waals surface area contributed by atoms with Crippen LogP contribution in [0, 0.1) is 0 Å². The molecule has 0 saturated carbocycles. The SMILES string of the molecule is COc1ccc2c(c1)nc(N)n2C(C)CC(N)=O. The normalized spacial score (nSPS) is 12.6. The maximum Gasteiger partial charge on any atom is 0.219 e. The van der Waals surface area contributed by atoms with Crippen LogP contribution in [-0.4, -0.2) is 22.6 Å². The van der Waals surface area contributed by atoms with Crippen molar-refractivity contribution in [2.75, 3.05) is 12.8 Å². The van der Waals surface area contributed by atoms with Crippen molar-refractivity contribution in [3.63, 3.8) is 0 Å². The third-order valence-corrected chi connectivity index (χ3v) is 2.86. The van der Waals surface area contributed by atoms with E-state index in [1.165, 1.54) is 0 Å². The topological polar surface area (TPSA) is 96.2 Å². The number of amides is 1. The minimum Gasteiger partial charge on any atom is -0.497 e. The first-order valence-electron chi connectivity index (χ1n) is 5.62. The summed E-state index contributed by atoms with van der Waals surface area (Å²) in [6, 6.07) is 5.38. The van der Waals surface area contributed by atoms with E-state index in [0.717, 1.165) is 16.8 Å². The number of ether oxygens (including phenoxy) is 1. The molecule has 0 aliphatic heterocycles. The van der Waals surface area contributed by atoms with Gasteiger partial charge in [0.05, 0.1) is 18.1 Å². The fraction of sp³-hybridized carbons (Fsp3) is 0.333. The summed E-state index contributed by atoms with van der Waals surface area (Å²) in [5.41, 5.74) is 12.7. The van der Waals surface area contributed by atoms with Gasteiger partial charge in [0.2, 0.25) is 11.9 Å². The van der Waals surface area contributed by atoms with E-state index < -0.39 is 0 Å². The Bertz CT molecular complexity index is 591. The number of nitrogens with two attached hydrogens (primary N) is 2. The number of rotatable bonds is 4. The van der Waals surface area contributed by atoms with E-state index in [1.807, 2.05) is 19.1 Å². The second-order valence-electron chi connectivity index (χ2n) is 4.21. The summed E-state index contributed by atoms with van der Waals surface area (Å²) in [6.45, 7) is 1.88. The molecule has 0 radical (unpaired) electrons. The maximum atomic E-state index is 11.0. The van der Waals surface area contributed by atoms with Crippen molar-refractivity contribution in [3.8, 4) is 5.75 Å². The third kappa shape index (κ3) is 2.09. The smallest absolute Gasteiger partial charge is 0.219 e. The number of aromatic nitrogens is 2. The number of imidazole rings is 1. The molecule has 6 nitrogen and oxygen atoms in total. The van der Waals surface area contributed by atoms with Crippen molar-refractivity contribution in [1.82, 2.24) is 9.55 Å². The predicted octanol–water partition coefficient (Wildman–Crippen LogP) is 1.06. The largest absolute Gasteiger partial charge is 0.497 e. The van der Waals surface area contributed by atoms with Crippen molar-refractivity contribution in [2.24, 2.45) is 5.73 Å². The average Bonchev–Trinajstić information content (AvgIpc) is 2.62. The zero-order valence-electron chi connectivity index (χ0n) is 10.4. The molecule has 1 atom stereocenters. The molecule has 1 amide bonds. The second-order valence-corrected chi connectivity index (χ2v) is 4.21. The van der Waals surface area contributed by atoms with Gasteiger partial charge in [-0.2, -0.15) is 0 Å². The predicted molar refractivity (Wildman–Crippen MR) is 69.2 cm³/mol. The summed E-state index contributed by atoms with van der Waals surface area (Å²) < 4.78 is 6.94. The van der Waals surface area contributed by atoms with Gasteiger partial charge in [-0.1, -0.05) is 0 Å². The zero-order chi connectivity index (χ0) is 13.3. The Morgan fingerprint density at radius 3 is 2.89 bits per heavy atom. The lowest BCUT2D eigenvalue weighted by Crippen LogP contribution is -2.18. The Morgan fingerprint density at radius 2 is 2.28 bits per heavy atom. The van der Waals surface area contributed by atoms with Gasteiger partial charge in [-0.05, 0) is 19.1 Å². The molecule has 0 saturated heterocycles. The number of anilines is 1. The van der Waals surface area contributed by atoms with Gasteiger partial charge in [-0.15, -0.1) is 0 Å². The Kier molecular flexibility index (Phi) is 3.10. The first-order chi connectivity index (χ1) is 8.52. The summed E-state index contributed by atoms with van der Waals surface area (Å²) >= 11 is 0. The van der Waals surface area contributed by atoms with Gasteiger partial charge in [0, 0.05) is 18.5 Å². The van der Waals surface area contributed by atoms with Crippen LogP contribution < -0.4 is 16.2 Å². The van der Waals surface area contributed by atoms with Crippen LogP contribution in [0.2, 0.25) is 0 Å². The molecular weight excluding hydrogens is 232 g/mol. The van der Waals surface area contributed by atoms with E-state index >= 15 is 0 Å². The molecule has 6 heteroatoms. The van der Waals surface area contributed by atoms with E-state index in [-0.39, 0.29) is 18.4 Å². The van der Waals surface area contributed by atoms with Crippen LogP contribution in [0.25, 0.3) is 11.0 Å². The summed E-state index contributed by atoms with van der Waals surface area (Å²) in [7, 11) is 1.59. The number of carbonyl (C=O) groups is 1. The summed E-state index contributed by atoms with van der Waals surface area (Å²) in [5.74, 6) is 0.721. The molecular formula is C12H16N4O2. The molecule has 0 bridgehead atoms. The monoisotopic (exact) mass is 248 g/mol. The molecule has 1 unspecified atom stereocenters. The highest BCUT2D eigenvalue weighted by molar-refractivity contribution is 5.81. The van der Waals surface area contributed by atoms with Crippen molar-refractivity contribution < 1.29 is 9.53 Å². The summed E-state index contributed by atoms with van der Waals surface area (Å²) in [5, 5.41) is 0. The Hall–Kier alpha value is -2.24. The molecule has 0 fully saturated rings. The number of benzene rings is 1. The number of hydrogen-bond acceptors (Lipinski definition) is 4. The lowest BCUT2D eigenvalue weighted by molar-refractivity contribution is -0.118. The van der Waals surface area contributed by atoms with Gasteiger partial charge in [0.25, 0.3) is 0 Å². The fourth-order valence-corrected chi connectivity index (χ4v) is 2.07. The average molecular weight is 248 g/mol. The maximum absolute atomic E-state index is 11.0. The molecule has 2 aromatic rings. The van der Waals surface area contributed by atoms with Crippen molar-refractivity contribution >= 4 is 22.9 Å². The number of fused-ring (bicyclic) bond motifs is 1. The molecule has 1 heterocycles. The molecule has 96 valence electrons. The van der Waals surface area contributed by atoms with Gasteiger partial charge in [-0.25, -0.2) is 4.98 Å². The molecule has 0 aliphatic carbocycles. The Labute approximate surface area is 105 Å². The first kappa shape index (κ1) is 12.2. The van der Waals surface area contributed by atoms with Gasteiger partial charge >= 0.3 is 0 Å². The van der Waals surface area contributed by atoms with Crippen LogP contribution in [0.1, 0.15) is 19.4 Å².